The van der Waals surface area contributed by atoms with E-state index in [-0.39, 0.29) is 0 Å². The largest absolute Gasteiger partial charge is 0.496 e. The van der Waals surface area contributed by atoms with Gasteiger partial charge in [-0.05, 0) is 45.5 Å². The van der Waals surface area contributed by atoms with Crippen LogP contribution in [0.1, 0.15) is 25.3 Å². The Bertz CT molecular complexity index is 757. The molecule has 0 aliphatic carbocycles. The average molecular weight is 276 g/mol. The molecule has 3 aromatic carbocycles. The van der Waals surface area contributed by atoms with Gasteiger partial charge in [0.15, 0.2) is 0 Å². The lowest BCUT2D eigenvalue weighted by molar-refractivity contribution is 0.408. The summed E-state index contributed by atoms with van der Waals surface area (Å²) in [5.41, 5.74) is 3.75. The molecule has 0 aliphatic heterocycles. The van der Waals surface area contributed by atoms with Crippen molar-refractivity contribution < 1.29 is 4.74 Å². The van der Waals surface area contributed by atoms with Crippen molar-refractivity contribution in [2.45, 2.75) is 19.8 Å². The summed E-state index contributed by atoms with van der Waals surface area (Å²) in [6.45, 7) is 4.40. The van der Waals surface area contributed by atoms with Gasteiger partial charge in [0.25, 0.3) is 0 Å². The van der Waals surface area contributed by atoms with Crippen LogP contribution in [0.5, 0.6) is 5.75 Å². The van der Waals surface area contributed by atoms with Gasteiger partial charge >= 0.3 is 0 Å². The zero-order valence-corrected chi connectivity index (χ0v) is 12.8. The fourth-order valence-corrected chi connectivity index (χ4v) is 2.82. The first-order valence-electron chi connectivity index (χ1n) is 7.37. The highest BCUT2D eigenvalue weighted by Crippen LogP contribution is 2.36. The third-order valence-electron chi connectivity index (χ3n) is 3.94. The summed E-state index contributed by atoms with van der Waals surface area (Å²) in [4.78, 5) is 0. The molecule has 0 bridgehead atoms. The van der Waals surface area contributed by atoms with Crippen molar-refractivity contribution in [2.24, 2.45) is 0 Å². The van der Waals surface area contributed by atoms with Crippen molar-refractivity contribution >= 4 is 10.8 Å². The summed E-state index contributed by atoms with van der Waals surface area (Å²) in [6.07, 6.45) is 0. The number of ether oxygens (including phenoxy) is 1. The van der Waals surface area contributed by atoms with E-state index in [1.54, 1.807) is 7.11 Å². The summed E-state index contributed by atoms with van der Waals surface area (Å²) < 4.78 is 5.61. The number of benzene rings is 3. The van der Waals surface area contributed by atoms with Crippen molar-refractivity contribution in [1.82, 2.24) is 0 Å². The molecule has 0 spiro atoms. The van der Waals surface area contributed by atoms with Gasteiger partial charge in [-0.1, -0.05) is 62.4 Å². The molecule has 0 saturated heterocycles. The molecular formula is C20H20O. The van der Waals surface area contributed by atoms with Gasteiger partial charge < -0.3 is 4.74 Å². The molecule has 0 amide bonds. The molecule has 0 N–H and O–H groups in total. The Morgan fingerprint density at radius 2 is 1.62 bits per heavy atom. The second kappa shape index (κ2) is 5.61. The zero-order valence-electron chi connectivity index (χ0n) is 12.8. The quantitative estimate of drug-likeness (QED) is 0.601. The highest BCUT2D eigenvalue weighted by atomic mass is 16.5. The van der Waals surface area contributed by atoms with Gasteiger partial charge in [0.2, 0.25) is 0 Å². The Hall–Kier alpha value is -2.28. The van der Waals surface area contributed by atoms with Gasteiger partial charge in [-0.25, -0.2) is 0 Å². The van der Waals surface area contributed by atoms with Crippen LogP contribution in [0, 0.1) is 0 Å². The Kier molecular flexibility index (Phi) is 3.66. The Labute approximate surface area is 126 Å². The molecule has 0 heterocycles. The third-order valence-corrected chi connectivity index (χ3v) is 3.94. The number of hydrogen-bond acceptors (Lipinski definition) is 1. The molecule has 106 valence electrons. The minimum absolute atomic E-state index is 0.449. The molecular weight excluding hydrogens is 256 g/mol. The van der Waals surface area contributed by atoms with Crippen LogP contribution in [0.15, 0.2) is 60.7 Å². The topological polar surface area (TPSA) is 9.23 Å². The molecule has 0 atom stereocenters. The lowest BCUT2D eigenvalue weighted by atomic mass is 9.93. The van der Waals surface area contributed by atoms with Crippen LogP contribution in [0.25, 0.3) is 21.9 Å². The second-order valence-corrected chi connectivity index (χ2v) is 5.64. The van der Waals surface area contributed by atoms with Gasteiger partial charge in [0.1, 0.15) is 5.75 Å². The van der Waals surface area contributed by atoms with E-state index in [1.165, 1.54) is 27.5 Å². The van der Waals surface area contributed by atoms with E-state index in [2.05, 4.69) is 68.4 Å². The van der Waals surface area contributed by atoms with E-state index in [0.717, 1.165) is 5.75 Å². The van der Waals surface area contributed by atoms with Crippen LogP contribution >= 0.6 is 0 Å². The minimum Gasteiger partial charge on any atom is -0.496 e. The Morgan fingerprint density at radius 1 is 0.857 bits per heavy atom. The fraction of sp³-hybridized carbons (Fsp3) is 0.200. The Morgan fingerprint density at radius 3 is 2.29 bits per heavy atom. The third kappa shape index (κ3) is 2.52. The van der Waals surface area contributed by atoms with Crippen LogP contribution in [0.4, 0.5) is 0 Å². The van der Waals surface area contributed by atoms with E-state index in [1.807, 2.05) is 6.07 Å². The zero-order chi connectivity index (χ0) is 14.8. The van der Waals surface area contributed by atoms with E-state index >= 15 is 0 Å². The molecule has 0 aliphatic rings. The maximum Gasteiger partial charge on any atom is 0.122 e. The van der Waals surface area contributed by atoms with E-state index in [4.69, 9.17) is 4.74 Å². The highest BCUT2D eigenvalue weighted by Gasteiger charge is 2.11. The number of fused-ring (bicyclic) bond motifs is 1. The first-order chi connectivity index (χ1) is 10.2. The molecule has 3 aromatic rings. The molecule has 1 heteroatoms. The standard InChI is InChI=1S/C20H20O/c1-14(2)18-12-16-10-7-11-17(15-8-5-4-6-9-15)19(16)13-20(18)21-3/h4-14H,1-3H3. The summed E-state index contributed by atoms with van der Waals surface area (Å²) in [6, 6.07) is 21.4. The molecule has 0 radical (unpaired) electrons. The average Bonchev–Trinajstić information content (AvgIpc) is 2.53. The van der Waals surface area contributed by atoms with Gasteiger partial charge in [-0.2, -0.15) is 0 Å². The molecule has 0 saturated carbocycles. The van der Waals surface area contributed by atoms with Crippen LogP contribution < -0.4 is 4.74 Å². The van der Waals surface area contributed by atoms with Crippen molar-refractivity contribution in [1.29, 1.82) is 0 Å². The Balaban J connectivity index is 2.29. The predicted molar refractivity (Wildman–Crippen MR) is 90.0 cm³/mol. The highest BCUT2D eigenvalue weighted by molar-refractivity contribution is 5.98. The minimum atomic E-state index is 0.449. The number of rotatable bonds is 3. The van der Waals surface area contributed by atoms with Crippen LogP contribution in [-0.2, 0) is 0 Å². The van der Waals surface area contributed by atoms with Crippen molar-refractivity contribution in [2.75, 3.05) is 7.11 Å². The van der Waals surface area contributed by atoms with Crippen molar-refractivity contribution in [3.63, 3.8) is 0 Å². The van der Waals surface area contributed by atoms with Gasteiger partial charge in [-0.15, -0.1) is 0 Å². The lowest BCUT2D eigenvalue weighted by Crippen LogP contribution is -1.95. The molecule has 1 nitrogen and oxygen atoms in total. The van der Waals surface area contributed by atoms with Crippen LogP contribution in [-0.4, -0.2) is 7.11 Å². The molecule has 0 fully saturated rings. The van der Waals surface area contributed by atoms with Gasteiger partial charge in [0, 0.05) is 0 Å². The summed E-state index contributed by atoms with van der Waals surface area (Å²) in [5.74, 6) is 1.42. The summed E-state index contributed by atoms with van der Waals surface area (Å²) in [7, 11) is 1.75. The molecule has 0 aromatic heterocycles. The maximum atomic E-state index is 5.61. The number of hydrogen-bond donors (Lipinski definition) is 0. The van der Waals surface area contributed by atoms with Gasteiger partial charge in [-0.3, -0.25) is 0 Å². The van der Waals surface area contributed by atoms with Crippen LogP contribution in [0.2, 0.25) is 0 Å². The lowest BCUT2D eigenvalue weighted by Gasteiger charge is -2.15. The van der Waals surface area contributed by atoms with Crippen molar-refractivity contribution in [3.8, 4) is 16.9 Å². The number of methoxy groups -OCH3 is 1. The van der Waals surface area contributed by atoms with Gasteiger partial charge in [0.05, 0.1) is 7.11 Å². The van der Waals surface area contributed by atoms with E-state index in [9.17, 15) is 0 Å². The molecule has 0 unspecified atom stereocenters. The van der Waals surface area contributed by atoms with Crippen LogP contribution in [0.3, 0.4) is 0 Å². The maximum absolute atomic E-state index is 5.61. The summed E-state index contributed by atoms with van der Waals surface area (Å²) in [5, 5.41) is 2.51. The first kappa shape index (κ1) is 13.7. The molecule has 3 rings (SSSR count). The predicted octanol–water partition coefficient (Wildman–Crippen LogP) is 5.64. The first-order valence-corrected chi connectivity index (χ1v) is 7.37. The van der Waals surface area contributed by atoms with Crippen molar-refractivity contribution in [3.05, 3.63) is 66.2 Å². The summed E-state index contributed by atoms with van der Waals surface area (Å²) >= 11 is 0. The van der Waals surface area contributed by atoms with E-state index < -0.39 is 0 Å². The second-order valence-electron chi connectivity index (χ2n) is 5.64. The molecule has 21 heavy (non-hydrogen) atoms. The monoisotopic (exact) mass is 276 g/mol. The van der Waals surface area contributed by atoms with E-state index in [0.29, 0.717) is 5.92 Å². The fourth-order valence-electron chi connectivity index (χ4n) is 2.82. The smallest absolute Gasteiger partial charge is 0.122 e. The SMILES string of the molecule is COc1cc2c(-c3ccccc3)cccc2cc1C(C)C. The normalized spacial score (nSPS) is 11.0.